The summed E-state index contributed by atoms with van der Waals surface area (Å²) < 4.78 is 81.3. The molecule has 0 saturated carbocycles. The van der Waals surface area contributed by atoms with Crippen LogP contribution in [0.5, 0.6) is 0 Å². The van der Waals surface area contributed by atoms with E-state index in [1.807, 2.05) is 97.1 Å². The molecule has 12 rings (SSSR count). The van der Waals surface area contributed by atoms with Crippen LogP contribution in [0.25, 0.3) is 56.3 Å². The minimum atomic E-state index is -4.99. The fourth-order valence-electron chi connectivity index (χ4n) is 8.10. The van der Waals surface area contributed by atoms with Crippen LogP contribution in [-0.2, 0) is 20.2 Å². The van der Waals surface area contributed by atoms with Crippen LogP contribution in [-0.4, -0.2) is 131 Å². The summed E-state index contributed by atoms with van der Waals surface area (Å²) in [5, 5.41) is 35.1. The Morgan fingerprint density at radius 2 is 0.762 bits per heavy atom. The molecule has 0 saturated heterocycles. The zero-order chi connectivity index (χ0) is 53.7. The predicted molar refractivity (Wildman–Crippen MR) is 313 cm³/mol. The van der Waals surface area contributed by atoms with Gasteiger partial charge < -0.3 is 10.4 Å². The summed E-state index contributed by atoms with van der Waals surface area (Å²) in [6.45, 7) is 0. The molecule has 0 amide bonds. The van der Waals surface area contributed by atoms with Gasteiger partial charge in [-0.2, -0.15) is 16.8 Å². The third kappa shape index (κ3) is 12.0. The molecule has 22 nitrogen and oxygen atoms in total. The Kier molecular flexibility index (Phi) is 16.7. The van der Waals surface area contributed by atoms with E-state index >= 15 is 0 Å². The van der Waals surface area contributed by atoms with Crippen LogP contribution >= 0.6 is 47.8 Å². The van der Waals surface area contributed by atoms with E-state index in [-0.39, 0.29) is 104 Å². The average molecular weight is 1200 g/mol. The van der Waals surface area contributed by atoms with Crippen molar-refractivity contribution in [3.8, 4) is 0 Å². The third-order valence-electron chi connectivity index (χ3n) is 11.7. The maximum atomic E-state index is 14.1. The van der Waals surface area contributed by atoms with Crippen molar-refractivity contribution in [3.63, 3.8) is 0 Å². The number of nitrogens with zero attached hydrogens (tertiary/aromatic N) is 12. The topological polar surface area (TPSA) is 284 Å². The van der Waals surface area contributed by atoms with Crippen molar-refractivity contribution in [2.24, 2.45) is 0 Å². The van der Waals surface area contributed by atoms with Crippen LogP contribution < -0.4 is 20.1 Å². The normalized spacial score (nSPS) is 11.9. The van der Waals surface area contributed by atoms with E-state index in [4.69, 9.17) is 0 Å². The summed E-state index contributed by atoms with van der Waals surface area (Å²) in [7, 11) is -9.98. The molecular formula is C50H36N14Na2O8S6. The molecule has 0 aliphatic heterocycles. The number of hydrogen-bond acceptors (Lipinski definition) is 18. The monoisotopic (exact) mass is 1200 g/mol. The van der Waals surface area contributed by atoms with Crippen molar-refractivity contribution in [2.45, 2.75) is 29.9 Å². The van der Waals surface area contributed by atoms with Crippen LogP contribution in [0.15, 0.2) is 201 Å². The first-order chi connectivity index (χ1) is 37.7. The van der Waals surface area contributed by atoms with Gasteiger partial charge in [0.25, 0.3) is 20.2 Å². The number of para-hydroxylation sites is 8. The van der Waals surface area contributed by atoms with Crippen molar-refractivity contribution in [3.05, 3.63) is 192 Å². The Balaban J connectivity index is 0.00000360. The molecule has 4 N–H and O–H groups in total. The second kappa shape index (κ2) is 23.5. The molecule has 0 atom stereocenters. The Hall–Kier alpha value is -6.48. The first-order valence-electron chi connectivity index (χ1n) is 22.8. The van der Waals surface area contributed by atoms with E-state index in [0.717, 1.165) is 69.1 Å². The molecule has 0 radical (unpaired) electrons. The van der Waals surface area contributed by atoms with E-state index in [0.29, 0.717) is 30.5 Å². The number of imidazole rings is 4. The van der Waals surface area contributed by atoms with Gasteiger partial charge in [-0.3, -0.25) is 25.0 Å². The van der Waals surface area contributed by atoms with Gasteiger partial charge in [0.05, 0.1) is 44.1 Å². The second-order valence-electron chi connectivity index (χ2n) is 16.7. The summed E-state index contributed by atoms with van der Waals surface area (Å²) in [6, 6.07) is 40.6. The number of aromatic nitrogens is 12. The number of hydrogen-bond donors (Lipinski definition) is 4. The summed E-state index contributed by atoms with van der Waals surface area (Å²) in [6.07, 6.45) is 8.87. The van der Waals surface area contributed by atoms with Gasteiger partial charge in [-0.1, -0.05) is 82.8 Å². The van der Waals surface area contributed by atoms with Crippen LogP contribution in [0.4, 0.5) is 23.3 Å². The number of rotatable bonds is 16. The summed E-state index contributed by atoms with van der Waals surface area (Å²) in [5.41, 5.74) is 5.85. The minimum absolute atomic E-state index is 0. The molecule has 0 spiro atoms. The Morgan fingerprint density at radius 3 is 1.09 bits per heavy atom. The van der Waals surface area contributed by atoms with Gasteiger partial charge in [-0.15, -0.1) is 0 Å². The van der Waals surface area contributed by atoms with E-state index in [9.17, 15) is 36.4 Å². The molecule has 392 valence electrons. The molecule has 0 unspecified atom stereocenters. The number of benzene rings is 6. The Morgan fingerprint density at radius 1 is 0.450 bits per heavy atom. The van der Waals surface area contributed by atoms with Crippen molar-refractivity contribution in [1.82, 2.24) is 45.8 Å². The van der Waals surface area contributed by atoms with Crippen LogP contribution in [0.2, 0.25) is 0 Å². The Bertz CT molecular complexity index is 4330. The van der Waals surface area contributed by atoms with E-state index in [1.165, 1.54) is 60.3 Å². The van der Waals surface area contributed by atoms with Crippen molar-refractivity contribution >= 4 is 207 Å². The van der Waals surface area contributed by atoms with Gasteiger partial charge in [0.2, 0.25) is 10.1 Å². The molecular weight excluding hydrogens is 1160 g/mol. The van der Waals surface area contributed by atoms with E-state index < -0.39 is 30.0 Å². The van der Waals surface area contributed by atoms with E-state index in [2.05, 4.69) is 40.5 Å². The zero-order valence-corrected chi connectivity index (χ0v) is 44.4. The van der Waals surface area contributed by atoms with E-state index in [1.54, 1.807) is 53.3 Å². The van der Waals surface area contributed by atoms with Gasteiger partial charge in [-0.25, -0.2) is 40.0 Å². The molecule has 30 heteroatoms. The van der Waals surface area contributed by atoms with Gasteiger partial charge in [0.1, 0.15) is 46.5 Å². The van der Waals surface area contributed by atoms with Gasteiger partial charge >= 0.3 is 71.0 Å². The summed E-state index contributed by atoms with van der Waals surface area (Å²) >= 11 is 4.53. The number of anilines is 4. The van der Waals surface area contributed by atoms with Crippen molar-refractivity contribution in [1.29, 1.82) is 0 Å². The van der Waals surface area contributed by atoms with Crippen LogP contribution in [0.3, 0.4) is 0 Å². The van der Waals surface area contributed by atoms with Crippen molar-refractivity contribution in [2.75, 3.05) is 10.6 Å². The summed E-state index contributed by atoms with van der Waals surface area (Å²) in [5.74, 6) is -0.492. The van der Waals surface area contributed by atoms with Crippen molar-refractivity contribution < 1.29 is 35.4 Å². The SMILES string of the molecule is O=S(=O)(O)c1cc(Nc2nc(Sn3cnc4ccccc43)cc(Sn3cnc4ccccc43)[n+]2[O-])ccc1C=Cc1ccc(Nc2nc(Sn3cnc4ccccc43)cc(Sn3cnc4ccccc43)[n+]2[O-])cc1S(=O)(=O)O.[NaH].[NaH]. The predicted octanol–water partition coefficient (Wildman–Crippen LogP) is 8.22. The standard InChI is InChI=1S/C50H34N14O8S6.2Na.2H/c65-63-47(75-61-29-53-37-11-3-7-15-41(37)61)25-45(73-59-27-51-35-9-1-5-13-39(35)59)57-49(63)55-33-21-19-31(43(23-33)77(67,68)69)17-18-32-20-22-34(24-44(32)78(70,71)72)56-50-58-46(74-60-28-52-36-10-2-6-14-40(36)60)26-48(64(50)66)76-62-30-54-38-12-4-8-16-42(38)62;;;;/h1-30H,(H,55,57)(H,56,58)(H,67,68,69)(H,70,71,72);;;;. The molecule has 6 aromatic carbocycles. The zero-order valence-electron chi connectivity index (χ0n) is 39.5. The second-order valence-corrected chi connectivity index (χ2v) is 23.5. The van der Waals surface area contributed by atoms with Crippen LogP contribution in [0.1, 0.15) is 11.1 Å². The summed E-state index contributed by atoms with van der Waals surface area (Å²) in [4.78, 5) is 25.7. The van der Waals surface area contributed by atoms with Gasteiger partial charge in [-0.05, 0) is 83.9 Å². The maximum absolute atomic E-state index is 14.1. The molecule has 0 aliphatic carbocycles. The molecule has 80 heavy (non-hydrogen) atoms. The molecule has 12 aromatic rings. The van der Waals surface area contributed by atoms with Gasteiger partial charge in [0.15, 0.2) is 10.1 Å². The Labute approximate surface area is 515 Å². The molecule has 6 heterocycles. The third-order valence-corrected chi connectivity index (χ3v) is 17.2. The molecule has 6 aromatic heterocycles. The molecule has 0 aliphatic rings. The number of fused-ring (bicyclic) bond motifs is 4. The van der Waals surface area contributed by atoms with Crippen LogP contribution in [0, 0.1) is 10.4 Å². The quantitative estimate of drug-likeness (QED) is 0.0177. The fourth-order valence-corrected chi connectivity index (χ4v) is 13.1. The fraction of sp³-hybridized carbons (Fsp3) is 0. The first-order valence-corrected chi connectivity index (χ1v) is 28.8. The molecule has 0 bridgehead atoms. The van der Waals surface area contributed by atoms with Gasteiger partial charge in [0, 0.05) is 59.9 Å². The molecule has 0 fully saturated rings. The average Bonchev–Trinajstić information content (AvgIpc) is 4.27. The number of nitrogens with one attached hydrogen (secondary N) is 2. The first kappa shape index (κ1) is 56.8.